The summed E-state index contributed by atoms with van der Waals surface area (Å²) >= 11 is 6.36. The highest BCUT2D eigenvalue weighted by Gasteiger charge is 2.21. The summed E-state index contributed by atoms with van der Waals surface area (Å²) in [5.41, 5.74) is 1.41. The molecule has 0 spiro atoms. The van der Waals surface area contributed by atoms with Crippen molar-refractivity contribution < 1.29 is 23.7 Å². The zero-order valence-electron chi connectivity index (χ0n) is 16.3. The molecule has 0 unspecified atom stereocenters. The topological polar surface area (TPSA) is 57.2 Å². The molecule has 1 amide bonds. The lowest BCUT2D eigenvalue weighted by atomic mass is 10.1. The highest BCUT2D eigenvalue weighted by molar-refractivity contribution is 6.32. The van der Waals surface area contributed by atoms with Crippen molar-refractivity contribution in [1.29, 1.82) is 0 Å². The Labute approximate surface area is 169 Å². The van der Waals surface area contributed by atoms with Crippen LogP contribution in [0.1, 0.15) is 36.2 Å². The van der Waals surface area contributed by atoms with Gasteiger partial charge in [-0.2, -0.15) is 0 Å². The van der Waals surface area contributed by atoms with Crippen molar-refractivity contribution in [2.24, 2.45) is 0 Å². The van der Waals surface area contributed by atoms with E-state index in [1.165, 1.54) is 7.11 Å². The molecule has 3 rings (SSSR count). The first-order valence-corrected chi connectivity index (χ1v) is 9.63. The highest BCUT2D eigenvalue weighted by atomic mass is 35.5. The van der Waals surface area contributed by atoms with Crippen LogP contribution in [0, 0.1) is 0 Å². The molecule has 0 bridgehead atoms. The van der Waals surface area contributed by atoms with Crippen LogP contribution in [0.15, 0.2) is 30.3 Å². The molecule has 1 aliphatic rings. The lowest BCUT2D eigenvalue weighted by Crippen LogP contribution is -2.30. The Bertz CT molecular complexity index is 855. The summed E-state index contributed by atoms with van der Waals surface area (Å²) in [7, 11) is 1.53. The lowest BCUT2D eigenvalue weighted by Gasteiger charge is -2.22. The first-order chi connectivity index (χ1) is 13.6. The average molecular weight is 406 g/mol. The van der Waals surface area contributed by atoms with Gasteiger partial charge < -0.3 is 23.8 Å². The summed E-state index contributed by atoms with van der Waals surface area (Å²) in [6, 6.07) is 8.98. The first kappa shape index (κ1) is 20.1. The molecule has 28 heavy (non-hydrogen) atoms. The quantitative estimate of drug-likeness (QED) is 0.645. The number of nitrogens with zero attached hydrogens (tertiary/aromatic N) is 1. The summed E-state index contributed by atoms with van der Waals surface area (Å²) in [5, 5.41) is 0.357. The van der Waals surface area contributed by atoms with Gasteiger partial charge in [-0.15, -0.1) is 0 Å². The van der Waals surface area contributed by atoms with Crippen molar-refractivity contribution in [3.63, 3.8) is 0 Å². The Kier molecular flexibility index (Phi) is 6.52. The van der Waals surface area contributed by atoms with Crippen LogP contribution in [0.4, 0.5) is 0 Å². The number of carbonyl (C=O) groups is 1. The number of methoxy groups -OCH3 is 1. The van der Waals surface area contributed by atoms with Gasteiger partial charge >= 0.3 is 0 Å². The molecule has 1 heterocycles. The Morgan fingerprint density at radius 2 is 1.96 bits per heavy atom. The maximum Gasteiger partial charge on any atom is 0.254 e. The molecule has 0 fully saturated rings. The maximum atomic E-state index is 13.1. The number of benzene rings is 2. The minimum Gasteiger partial charge on any atom is -0.493 e. The van der Waals surface area contributed by atoms with Gasteiger partial charge in [0.2, 0.25) is 6.79 Å². The van der Waals surface area contributed by atoms with Gasteiger partial charge in [0.05, 0.1) is 18.7 Å². The monoisotopic (exact) mass is 405 g/mol. The molecular formula is C21H24ClNO5. The number of fused-ring (bicyclic) bond motifs is 1. The summed E-state index contributed by atoms with van der Waals surface area (Å²) in [4.78, 5) is 14.8. The van der Waals surface area contributed by atoms with E-state index < -0.39 is 0 Å². The van der Waals surface area contributed by atoms with E-state index in [1.54, 1.807) is 17.0 Å². The Morgan fingerprint density at radius 3 is 2.68 bits per heavy atom. The maximum absolute atomic E-state index is 13.1. The molecule has 0 aliphatic carbocycles. The highest BCUT2D eigenvalue weighted by Crippen LogP contribution is 2.37. The zero-order chi connectivity index (χ0) is 20.1. The van der Waals surface area contributed by atoms with Crippen LogP contribution in [-0.4, -0.2) is 37.9 Å². The molecule has 0 N–H and O–H groups in total. The number of halogens is 1. The number of hydrogen-bond acceptors (Lipinski definition) is 5. The van der Waals surface area contributed by atoms with Crippen LogP contribution >= 0.6 is 11.6 Å². The van der Waals surface area contributed by atoms with Crippen LogP contribution in [0.3, 0.4) is 0 Å². The van der Waals surface area contributed by atoms with Crippen molar-refractivity contribution in [3.8, 4) is 23.0 Å². The van der Waals surface area contributed by atoms with Gasteiger partial charge in [0.15, 0.2) is 23.0 Å². The Morgan fingerprint density at radius 1 is 1.18 bits per heavy atom. The van der Waals surface area contributed by atoms with Gasteiger partial charge in [0.25, 0.3) is 5.91 Å². The Hall–Kier alpha value is -2.60. The predicted octanol–water partition coefficient (Wildman–Crippen LogP) is 4.53. The molecule has 150 valence electrons. The van der Waals surface area contributed by atoms with Crippen molar-refractivity contribution in [3.05, 3.63) is 46.5 Å². The van der Waals surface area contributed by atoms with E-state index >= 15 is 0 Å². The molecule has 0 atom stereocenters. The van der Waals surface area contributed by atoms with Gasteiger partial charge in [-0.3, -0.25) is 4.79 Å². The van der Waals surface area contributed by atoms with Gasteiger partial charge in [0.1, 0.15) is 0 Å². The number of carbonyl (C=O) groups excluding carboxylic acids is 1. The second-order valence-corrected chi connectivity index (χ2v) is 6.75. The third-order valence-electron chi connectivity index (χ3n) is 4.41. The number of rotatable bonds is 8. The van der Waals surface area contributed by atoms with Crippen LogP contribution in [0.5, 0.6) is 23.0 Å². The SMILES string of the molecule is CCCOc1c(Cl)cc(C(=O)N(CC)Cc2ccc3c(c2)OCO3)cc1OC. The third kappa shape index (κ3) is 4.28. The Balaban J connectivity index is 1.81. The van der Waals surface area contributed by atoms with Gasteiger partial charge in [-0.25, -0.2) is 0 Å². The number of ether oxygens (including phenoxy) is 4. The fourth-order valence-electron chi connectivity index (χ4n) is 2.96. The van der Waals surface area contributed by atoms with Crippen molar-refractivity contribution in [2.75, 3.05) is 27.1 Å². The molecule has 0 saturated carbocycles. The van der Waals surface area contributed by atoms with E-state index in [0.717, 1.165) is 17.7 Å². The average Bonchev–Trinajstić information content (AvgIpc) is 3.17. The molecule has 1 aliphatic heterocycles. The standard InChI is InChI=1S/C21H24ClNO5/c1-4-8-26-20-16(22)10-15(11-19(20)25-3)21(24)23(5-2)12-14-6-7-17-18(9-14)28-13-27-17/h6-7,9-11H,4-5,8,12-13H2,1-3H3. The summed E-state index contributed by atoms with van der Waals surface area (Å²) in [6.07, 6.45) is 0.847. The third-order valence-corrected chi connectivity index (χ3v) is 4.69. The van der Waals surface area contributed by atoms with E-state index in [1.807, 2.05) is 32.0 Å². The van der Waals surface area contributed by atoms with Gasteiger partial charge in [-0.1, -0.05) is 24.6 Å². The largest absolute Gasteiger partial charge is 0.493 e. The molecule has 6 nitrogen and oxygen atoms in total. The summed E-state index contributed by atoms with van der Waals surface area (Å²) < 4.78 is 21.8. The van der Waals surface area contributed by atoms with E-state index in [9.17, 15) is 4.79 Å². The van der Waals surface area contributed by atoms with Crippen molar-refractivity contribution in [1.82, 2.24) is 4.90 Å². The van der Waals surface area contributed by atoms with E-state index in [0.29, 0.717) is 47.5 Å². The van der Waals surface area contributed by atoms with Crippen molar-refractivity contribution in [2.45, 2.75) is 26.8 Å². The normalized spacial score (nSPS) is 12.0. The minimum atomic E-state index is -0.137. The number of amides is 1. The minimum absolute atomic E-state index is 0.137. The van der Waals surface area contributed by atoms with Crippen LogP contribution < -0.4 is 18.9 Å². The molecule has 0 saturated heterocycles. The molecule has 0 aromatic heterocycles. The zero-order valence-corrected chi connectivity index (χ0v) is 17.0. The van der Waals surface area contributed by atoms with Crippen LogP contribution in [0.25, 0.3) is 0 Å². The van der Waals surface area contributed by atoms with Crippen LogP contribution in [-0.2, 0) is 6.54 Å². The van der Waals surface area contributed by atoms with E-state index in [2.05, 4.69) is 0 Å². The molecule has 2 aromatic rings. The fraction of sp³-hybridized carbons (Fsp3) is 0.381. The van der Waals surface area contributed by atoms with Gasteiger partial charge in [0, 0.05) is 18.7 Å². The van der Waals surface area contributed by atoms with Crippen LogP contribution in [0.2, 0.25) is 5.02 Å². The smallest absolute Gasteiger partial charge is 0.254 e. The van der Waals surface area contributed by atoms with Crippen molar-refractivity contribution >= 4 is 17.5 Å². The fourth-order valence-corrected chi connectivity index (χ4v) is 3.22. The van der Waals surface area contributed by atoms with E-state index in [-0.39, 0.29) is 12.7 Å². The van der Waals surface area contributed by atoms with E-state index in [4.69, 9.17) is 30.5 Å². The molecule has 7 heteroatoms. The molecular weight excluding hydrogens is 382 g/mol. The predicted molar refractivity (Wildman–Crippen MR) is 107 cm³/mol. The first-order valence-electron chi connectivity index (χ1n) is 9.25. The number of hydrogen-bond donors (Lipinski definition) is 0. The molecule has 2 aromatic carbocycles. The summed E-state index contributed by atoms with van der Waals surface area (Å²) in [6.45, 7) is 5.67. The molecule has 0 radical (unpaired) electrons. The lowest BCUT2D eigenvalue weighted by molar-refractivity contribution is 0.0752. The van der Waals surface area contributed by atoms with Gasteiger partial charge in [-0.05, 0) is 43.2 Å². The second kappa shape index (κ2) is 9.06. The summed E-state index contributed by atoms with van der Waals surface area (Å²) in [5.74, 6) is 2.19. The second-order valence-electron chi connectivity index (χ2n) is 6.34.